The number of pyridine rings is 2. The van der Waals surface area contributed by atoms with Crippen molar-refractivity contribution in [1.29, 1.82) is 0 Å². The molecule has 11 heteroatoms. The molecular weight excluding hydrogens is 633 g/mol. The summed E-state index contributed by atoms with van der Waals surface area (Å²) in [6.07, 6.45) is 8.25. The first-order valence-corrected chi connectivity index (χ1v) is 14.6. The van der Waals surface area contributed by atoms with Crippen LogP contribution >= 0.6 is 37.2 Å². The molecule has 8 nitrogen and oxygen atoms in total. The second-order valence-corrected chi connectivity index (χ2v) is 11.2. The van der Waals surface area contributed by atoms with Crippen molar-refractivity contribution in [2.45, 2.75) is 46.1 Å². The molecule has 1 atom stereocenters. The van der Waals surface area contributed by atoms with E-state index in [1.807, 2.05) is 55.7 Å². The molecule has 242 valence electrons. The van der Waals surface area contributed by atoms with Gasteiger partial charge in [0, 0.05) is 49.7 Å². The van der Waals surface area contributed by atoms with E-state index in [9.17, 15) is 9.59 Å². The minimum absolute atomic E-state index is 0. The lowest BCUT2D eigenvalue weighted by Gasteiger charge is -2.27. The van der Waals surface area contributed by atoms with Gasteiger partial charge in [-0.3, -0.25) is 19.6 Å². The van der Waals surface area contributed by atoms with Gasteiger partial charge in [0.2, 0.25) is 11.8 Å². The number of fused-ring (bicyclic) bond motifs is 2. The highest BCUT2D eigenvalue weighted by Crippen LogP contribution is 2.40. The Kier molecular flexibility index (Phi) is 14.1. The highest BCUT2D eigenvalue weighted by molar-refractivity contribution is 6.20. The molecule has 2 aromatic heterocycles. The van der Waals surface area contributed by atoms with Crippen LogP contribution in [0.15, 0.2) is 79.3 Å². The van der Waals surface area contributed by atoms with Crippen molar-refractivity contribution >= 4 is 71.3 Å². The largest absolute Gasteiger partial charge is 0.493 e. The highest BCUT2D eigenvalue weighted by atomic mass is 35.5. The van der Waals surface area contributed by atoms with Gasteiger partial charge in [0.1, 0.15) is 11.2 Å². The van der Waals surface area contributed by atoms with Gasteiger partial charge in [0.25, 0.3) is 0 Å². The maximum atomic E-state index is 13.1. The molecule has 0 fully saturated rings. The number of nitrogens with zero attached hydrogens (tertiary/aromatic N) is 4. The molecule has 1 aliphatic heterocycles. The molecule has 0 saturated carbocycles. The molecule has 2 amide bonds. The number of carbonyl (C=O) groups is 2. The first-order chi connectivity index (χ1) is 20.3. The van der Waals surface area contributed by atoms with Crippen LogP contribution in [-0.2, 0) is 16.0 Å². The van der Waals surface area contributed by atoms with Crippen molar-refractivity contribution in [1.82, 2.24) is 15.3 Å². The van der Waals surface area contributed by atoms with Gasteiger partial charge in [0.15, 0.2) is 0 Å². The van der Waals surface area contributed by atoms with E-state index in [0.29, 0.717) is 24.6 Å². The SMILES string of the molecule is CCN1C(=O)C(C)(C)C(=O)N(C)c2cc(OCCCNC(CCc3cccnc3)c3ccnc4ccccc34)ccc21.Cl.Cl.Cl. The number of hydrogen-bond acceptors (Lipinski definition) is 6. The normalized spacial score (nSPS) is 14.4. The Morgan fingerprint density at radius 1 is 0.933 bits per heavy atom. The van der Waals surface area contributed by atoms with Crippen molar-refractivity contribution in [3.63, 3.8) is 0 Å². The van der Waals surface area contributed by atoms with Crippen LogP contribution in [0.25, 0.3) is 10.9 Å². The lowest BCUT2D eigenvalue weighted by atomic mass is 9.90. The number of aromatic nitrogens is 2. The van der Waals surface area contributed by atoms with Crippen molar-refractivity contribution in [3.8, 4) is 5.75 Å². The standard InChI is InChI=1S/C34H39N5O3.3ClH/c1-5-39-30-16-14-25(22-31(30)38(4)32(40)34(2,3)33(39)41)42-21-9-19-36-29(15-13-24-10-8-18-35-23-24)27-17-20-37-28-12-7-6-11-26(27)28;;;/h6-8,10-12,14,16-18,20,22-23,29,36H,5,9,13,15,19,21H2,1-4H3;3*1H. The van der Waals surface area contributed by atoms with E-state index in [-0.39, 0.29) is 55.1 Å². The van der Waals surface area contributed by atoms with Crippen LogP contribution in [-0.4, -0.2) is 48.5 Å². The summed E-state index contributed by atoms with van der Waals surface area (Å²) in [6.45, 7) is 7.06. The summed E-state index contributed by atoms with van der Waals surface area (Å²) >= 11 is 0. The first-order valence-electron chi connectivity index (χ1n) is 14.6. The Labute approximate surface area is 284 Å². The van der Waals surface area contributed by atoms with Gasteiger partial charge in [0.05, 0.1) is 23.5 Å². The van der Waals surface area contributed by atoms with E-state index in [1.165, 1.54) is 11.1 Å². The third-order valence-corrected chi connectivity index (χ3v) is 8.02. The van der Waals surface area contributed by atoms with Crippen LogP contribution in [0.5, 0.6) is 5.75 Å². The third-order valence-electron chi connectivity index (χ3n) is 8.02. The minimum atomic E-state index is -1.13. The van der Waals surface area contributed by atoms with Crippen LogP contribution in [0.3, 0.4) is 0 Å². The number of anilines is 2. The molecule has 2 aromatic carbocycles. The molecule has 0 radical (unpaired) electrons. The number of carbonyl (C=O) groups excluding carboxylic acids is 2. The summed E-state index contributed by atoms with van der Waals surface area (Å²) in [6, 6.07) is 20.2. The number of halogens is 3. The highest BCUT2D eigenvalue weighted by Gasteiger charge is 2.45. The van der Waals surface area contributed by atoms with Crippen LogP contribution in [0.1, 0.15) is 50.8 Å². The maximum Gasteiger partial charge on any atom is 0.242 e. The molecule has 0 saturated heterocycles. The zero-order valence-corrected chi connectivity index (χ0v) is 28.5. The molecule has 45 heavy (non-hydrogen) atoms. The number of para-hydroxylation sites is 1. The number of benzene rings is 2. The van der Waals surface area contributed by atoms with Gasteiger partial charge >= 0.3 is 0 Å². The second kappa shape index (κ2) is 16.8. The predicted octanol–water partition coefficient (Wildman–Crippen LogP) is 6.98. The van der Waals surface area contributed by atoms with Crippen LogP contribution in [0.2, 0.25) is 0 Å². The monoisotopic (exact) mass is 673 g/mol. The molecular formula is C34H42Cl3N5O3. The average molecular weight is 675 g/mol. The molecule has 3 heterocycles. The number of rotatable bonds is 11. The first kappa shape index (κ1) is 37.8. The van der Waals surface area contributed by atoms with Gasteiger partial charge < -0.3 is 19.9 Å². The average Bonchev–Trinajstić information content (AvgIpc) is 3.07. The summed E-state index contributed by atoms with van der Waals surface area (Å²) in [5.41, 5.74) is 3.70. The Bertz CT molecular complexity index is 1570. The van der Waals surface area contributed by atoms with Gasteiger partial charge in [-0.1, -0.05) is 24.3 Å². The Morgan fingerprint density at radius 3 is 2.44 bits per heavy atom. The van der Waals surface area contributed by atoms with Crippen LogP contribution in [0.4, 0.5) is 11.4 Å². The van der Waals surface area contributed by atoms with Crippen LogP contribution < -0.4 is 19.9 Å². The van der Waals surface area contributed by atoms with Gasteiger partial charge in [-0.25, -0.2) is 0 Å². The third kappa shape index (κ3) is 8.24. The number of hydrogen-bond donors (Lipinski definition) is 1. The molecule has 5 rings (SSSR count). The number of ether oxygens (including phenoxy) is 1. The fourth-order valence-electron chi connectivity index (χ4n) is 5.66. The van der Waals surface area contributed by atoms with E-state index in [4.69, 9.17) is 4.74 Å². The zero-order chi connectivity index (χ0) is 29.7. The zero-order valence-electron chi connectivity index (χ0n) is 26.1. The van der Waals surface area contributed by atoms with E-state index in [1.54, 1.807) is 36.9 Å². The van der Waals surface area contributed by atoms with Crippen LogP contribution in [0, 0.1) is 5.41 Å². The van der Waals surface area contributed by atoms with E-state index in [2.05, 4.69) is 39.6 Å². The molecule has 4 aromatic rings. The topological polar surface area (TPSA) is 87.7 Å². The van der Waals surface area contributed by atoms with Gasteiger partial charge in [-0.05, 0) is 88.0 Å². The van der Waals surface area contributed by atoms with Crippen molar-refractivity contribution in [2.24, 2.45) is 5.41 Å². The van der Waals surface area contributed by atoms with Crippen molar-refractivity contribution < 1.29 is 14.3 Å². The van der Waals surface area contributed by atoms with E-state index < -0.39 is 5.41 Å². The number of aryl methyl sites for hydroxylation is 1. The van der Waals surface area contributed by atoms with E-state index in [0.717, 1.165) is 42.4 Å². The molecule has 1 N–H and O–H groups in total. The molecule has 0 spiro atoms. The fraction of sp³-hybridized carbons (Fsp3) is 0.353. The molecule has 0 aliphatic carbocycles. The lowest BCUT2D eigenvalue weighted by molar-refractivity contribution is -0.137. The van der Waals surface area contributed by atoms with Crippen molar-refractivity contribution in [3.05, 3.63) is 90.4 Å². The molecule has 0 bridgehead atoms. The minimum Gasteiger partial charge on any atom is -0.493 e. The smallest absolute Gasteiger partial charge is 0.242 e. The summed E-state index contributed by atoms with van der Waals surface area (Å²) in [5.74, 6) is 0.247. The van der Waals surface area contributed by atoms with Crippen molar-refractivity contribution in [2.75, 3.05) is 36.5 Å². The second-order valence-electron chi connectivity index (χ2n) is 11.2. The summed E-state index contributed by atoms with van der Waals surface area (Å²) in [7, 11) is 1.72. The summed E-state index contributed by atoms with van der Waals surface area (Å²) in [5, 5.41) is 4.92. The van der Waals surface area contributed by atoms with Gasteiger partial charge in [-0.2, -0.15) is 0 Å². The predicted molar refractivity (Wildman–Crippen MR) is 189 cm³/mol. The van der Waals surface area contributed by atoms with Gasteiger partial charge in [-0.15, -0.1) is 37.2 Å². The fourth-order valence-corrected chi connectivity index (χ4v) is 5.66. The Balaban J connectivity index is 0.00000235. The molecule has 1 aliphatic rings. The lowest BCUT2D eigenvalue weighted by Crippen LogP contribution is -2.47. The Morgan fingerprint density at radius 2 is 1.71 bits per heavy atom. The summed E-state index contributed by atoms with van der Waals surface area (Å²) in [4.78, 5) is 38.4. The summed E-state index contributed by atoms with van der Waals surface area (Å²) < 4.78 is 6.13. The quantitative estimate of drug-likeness (QED) is 0.136. The maximum absolute atomic E-state index is 13.1. The number of amides is 2. The number of nitrogens with one attached hydrogen (secondary N) is 1. The Hall–Kier alpha value is -3.43. The van der Waals surface area contributed by atoms with E-state index >= 15 is 0 Å². The molecule has 1 unspecified atom stereocenters.